The minimum atomic E-state index is -0.526. The monoisotopic (exact) mass is 464 g/mol. The van der Waals surface area contributed by atoms with Crippen molar-refractivity contribution in [3.8, 4) is 0 Å². The Morgan fingerprint density at radius 2 is 1.48 bits per heavy atom. The normalized spacial score (nSPS) is 21.9. The minimum absolute atomic E-state index is 0.0639. The predicted molar refractivity (Wildman–Crippen MR) is 138 cm³/mol. The Bertz CT molecular complexity index is 528. The highest BCUT2D eigenvalue weighted by Gasteiger charge is 2.41. The molecule has 1 aliphatic rings. The Kier molecular flexibility index (Phi) is 18.4. The van der Waals surface area contributed by atoms with E-state index in [0.717, 1.165) is 38.5 Å². The van der Waals surface area contributed by atoms with E-state index in [1.807, 2.05) is 13.8 Å². The first kappa shape index (κ1) is 29.9. The first-order valence-electron chi connectivity index (χ1n) is 13.9. The number of allylic oxidation sites excluding steroid dienone is 4. The molecule has 0 aromatic carbocycles. The molecule has 192 valence electrons. The fourth-order valence-corrected chi connectivity index (χ4v) is 4.55. The SMILES string of the molecule is CCCCC/C=C\C/C=C\CCCCCCCCOC(C(=O)OCCC)C1CCC(O)C1C. The molecule has 0 radical (unpaired) electrons. The van der Waals surface area contributed by atoms with Crippen molar-refractivity contribution in [3.63, 3.8) is 0 Å². The van der Waals surface area contributed by atoms with E-state index in [0.29, 0.717) is 13.2 Å². The molecule has 0 spiro atoms. The van der Waals surface area contributed by atoms with Crippen molar-refractivity contribution in [3.05, 3.63) is 24.3 Å². The highest BCUT2D eigenvalue weighted by Crippen LogP contribution is 2.36. The standard InChI is InChI=1S/C29H52O4/c1-4-6-7-8-9-10-11-12-13-14-15-16-17-18-19-20-24-32-28(29(31)33-23-5-2)26-21-22-27(30)25(26)3/h9-10,12-13,25-28,30H,4-8,11,14-24H2,1-3H3/b10-9-,13-12-. The van der Waals surface area contributed by atoms with Gasteiger partial charge in [-0.15, -0.1) is 0 Å². The zero-order valence-corrected chi connectivity index (χ0v) is 21.8. The molecule has 4 heteroatoms. The summed E-state index contributed by atoms with van der Waals surface area (Å²) in [6, 6.07) is 0. The van der Waals surface area contributed by atoms with Gasteiger partial charge in [0.05, 0.1) is 12.7 Å². The number of carbonyl (C=O) groups is 1. The summed E-state index contributed by atoms with van der Waals surface area (Å²) in [7, 11) is 0. The number of rotatable bonds is 20. The van der Waals surface area contributed by atoms with Crippen molar-refractivity contribution in [2.75, 3.05) is 13.2 Å². The summed E-state index contributed by atoms with van der Waals surface area (Å²) in [6.07, 6.45) is 25.3. The molecule has 0 amide bonds. The fraction of sp³-hybridized carbons (Fsp3) is 0.828. The van der Waals surface area contributed by atoms with Gasteiger partial charge in [-0.05, 0) is 63.7 Å². The summed E-state index contributed by atoms with van der Waals surface area (Å²) in [5, 5.41) is 10.1. The molecule has 1 saturated carbocycles. The second kappa shape index (κ2) is 20.3. The van der Waals surface area contributed by atoms with E-state index in [1.165, 1.54) is 57.8 Å². The van der Waals surface area contributed by atoms with Crippen molar-refractivity contribution >= 4 is 5.97 Å². The summed E-state index contributed by atoms with van der Waals surface area (Å²) in [5.74, 6) is -0.100. The molecule has 1 aliphatic carbocycles. The number of esters is 1. The Morgan fingerprint density at radius 3 is 2.09 bits per heavy atom. The lowest BCUT2D eigenvalue weighted by Crippen LogP contribution is -2.37. The smallest absolute Gasteiger partial charge is 0.335 e. The Hall–Kier alpha value is -1.13. The second-order valence-corrected chi connectivity index (χ2v) is 9.71. The van der Waals surface area contributed by atoms with Crippen LogP contribution in [0.1, 0.15) is 117 Å². The molecule has 0 saturated heterocycles. The highest BCUT2D eigenvalue weighted by atomic mass is 16.6. The molecule has 0 aromatic heterocycles. The van der Waals surface area contributed by atoms with Crippen molar-refractivity contribution in [2.45, 2.75) is 129 Å². The van der Waals surface area contributed by atoms with E-state index in [-0.39, 0.29) is 23.9 Å². The van der Waals surface area contributed by atoms with Crippen molar-refractivity contribution < 1.29 is 19.4 Å². The predicted octanol–water partition coefficient (Wildman–Crippen LogP) is 7.55. The van der Waals surface area contributed by atoms with Gasteiger partial charge in [-0.1, -0.05) is 83.6 Å². The Morgan fingerprint density at radius 1 is 0.848 bits per heavy atom. The number of ether oxygens (including phenoxy) is 2. The lowest BCUT2D eigenvalue weighted by Gasteiger charge is -2.26. The summed E-state index contributed by atoms with van der Waals surface area (Å²) in [5.41, 5.74) is 0. The molecular weight excluding hydrogens is 412 g/mol. The number of hydrogen-bond acceptors (Lipinski definition) is 4. The fourth-order valence-electron chi connectivity index (χ4n) is 4.55. The van der Waals surface area contributed by atoms with E-state index in [4.69, 9.17) is 9.47 Å². The van der Waals surface area contributed by atoms with Crippen LogP contribution in [0.15, 0.2) is 24.3 Å². The molecule has 0 aliphatic heterocycles. The molecule has 0 aromatic rings. The van der Waals surface area contributed by atoms with Gasteiger partial charge in [-0.25, -0.2) is 4.79 Å². The van der Waals surface area contributed by atoms with Crippen LogP contribution in [0.3, 0.4) is 0 Å². The number of unbranched alkanes of at least 4 members (excludes halogenated alkanes) is 9. The van der Waals surface area contributed by atoms with Crippen LogP contribution in [0.2, 0.25) is 0 Å². The maximum atomic E-state index is 12.5. The third-order valence-corrected chi connectivity index (χ3v) is 6.79. The third-order valence-electron chi connectivity index (χ3n) is 6.79. The van der Waals surface area contributed by atoms with Crippen LogP contribution in [-0.2, 0) is 14.3 Å². The summed E-state index contributed by atoms with van der Waals surface area (Å²) in [6.45, 7) is 7.30. The molecule has 33 heavy (non-hydrogen) atoms. The van der Waals surface area contributed by atoms with Gasteiger partial charge in [-0.2, -0.15) is 0 Å². The van der Waals surface area contributed by atoms with Gasteiger partial charge in [-0.3, -0.25) is 0 Å². The summed E-state index contributed by atoms with van der Waals surface area (Å²) in [4.78, 5) is 12.5. The van der Waals surface area contributed by atoms with Gasteiger partial charge < -0.3 is 14.6 Å². The quantitative estimate of drug-likeness (QED) is 0.115. The molecule has 4 unspecified atom stereocenters. The van der Waals surface area contributed by atoms with Crippen LogP contribution >= 0.6 is 0 Å². The van der Waals surface area contributed by atoms with Crippen LogP contribution in [0.4, 0.5) is 0 Å². The maximum absolute atomic E-state index is 12.5. The second-order valence-electron chi connectivity index (χ2n) is 9.71. The van der Waals surface area contributed by atoms with E-state index in [1.54, 1.807) is 0 Å². The molecule has 1 N–H and O–H groups in total. The van der Waals surface area contributed by atoms with E-state index in [9.17, 15) is 9.90 Å². The van der Waals surface area contributed by atoms with Gasteiger partial charge in [0.2, 0.25) is 0 Å². The topological polar surface area (TPSA) is 55.8 Å². The van der Waals surface area contributed by atoms with Crippen molar-refractivity contribution in [1.29, 1.82) is 0 Å². The molecule has 1 fully saturated rings. The minimum Gasteiger partial charge on any atom is -0.464 e. The lowest BCUT2D eigenvalue weighted by molar-refractivity contribution is -0.162. The van der Waals surface area contributed by atoms with Crippen molar-refractivity contribution in [2.24, 2.45) is 11.8 Å². The van der Waals surface area contributed by atoms with Gasteiger partial charge in [0, 0.05) is 12.5 Å². The molecule has 1 rings (SSSR count). The molecular formula is C29H52O4. The summed E-state index contributed by atoms with van der Waals surface area (Å²) < 4.78 is 11.4. The zero-order chi connectivity index (χ0) is 24.2. The van der Waals surface area contributed by atoms with Crippen LogP contribution in [-0.4, -0.2) is 36.5 Å². The zero-order valence-electron chi connectivity index (χ0n) is 21.8. The summed E-state index contributed by atoms with van der Waals surface area (Å²) >= 11 is 0. The van der Waals surface area contributed by atoms with E-state index >= 15 is 0 Å². The van der Waals surface area contributed by atoms with Gasteiger partial charge in [0.15, 0.2) is 6.10 Å². The van der Waals surface area contributed by atoms with Crippen LogP contribution < -0.4 is 0 Å². The third kappa shape index (κ3) is 14.0. The average molecular weight is 465 g/mol. The number of carbonyl (C=O) groups excluding carboxylic acids is 1. The first-order chi connectivity index (χ1) is 16.1. The van der Waals surface area contributed by atoms with E-state index in [2.05, 4.69) is 31.2 Å². The first-order valence-corrected chi connectivity index (χ1v) is 13.9. The maximum Gasteiger partial charge on any atom is 0.335 e. The largest absolute Gasteiger partial charge is 0.464 e. The van der Waals surface area contributed by atoms with Crippen LogP contribution in [0.5, 0.6) is 0 Å². The van der Waals surface area contributed by atoms with Gasteiger partial charge in [0.25, 0.3) is 0 Å². The Balaban J connectivity index is 2.08. The van der Waals surface area contributed by atoms with Crippen molar-refractivity contribution in [1.82, 2.24) is 0 Å². The van der Waals surface area contributed by atoms with Gasteiger partial charge >= 0.3 is 5.97 Å². The highest BCUT2D eigenvalue weighted by molar-refractivity contribution is 5.75. The number of aliphatic hydroxyl groups is 1. The molecule has 0 heterocycles. The van der Waals surface area contributed by atoms with Crippen LogP contribution in [0, 0.1) is 11.8 Å². The lowest BCUT2D eigenvalue weighted by atomic mass is 9.91. The number of hydrogen-bond donors (Lipinski definition) is 1. The Labute approximate surface area is 204 Å². The number of aliphatic hydroxyl groups excluding tert-OH is 1. The van der Waals surface area contributed by atoms with E-state index < -0.39 is 6.10 Å². The molecule has 4 nitrogen and oxygen atoms in total. The molecule has 4 atom stereocenters. The van der Waals surface area contributed by atoms with Crippen LogP contribution in [0.25, 0.3) is 0 Å². The average Bonchev–Trinajstić information content (AvgIpc) is 3.14. The molecule has 0 bridgehead atoms. The van der Waals surface area contributed by atoms with Gasteiger partial charge in [0.1, 0.15) is 0 Å².